The fourth-order valence-corrected chi connectivity index (χ4v) is 5.86. The molecular formula is C17H22N4O3S. The number of ether oxygens (including phenoxy) is 1. The standard InChI is InChI=1S/C17H22N4O3S/c1-2-14-19-21-15(23)5-10(18-16(21)25-14)6-20-7-12-11(8-22)13-3-4-17(12,9-20)24-13/h5,11-13,22H,2-4,6-9H2,1H3/t11-,12+,13+,17+/m1/s1. The summed E-state index contributed by atoms with van der Waals surface area (Å²) in [7, 11) is 0. The van der Waals surface area contributed by atoms with E-state index in [0.29, 0.717) is 17.4 Å². The van der Waals surface area contributed by atoms with E-state index < -0.39 is 0 Å². The highest BCUT2D eigenvalue weighted by Crippen LogP contribution is 2.54. The SMILES string of the molecule is CCc1nn2c(=O)cc(CN3C[C@H]4[C@@H](CO)[C@@H]5CC[C@@]4(C3)O5)nc2s1. The van der Waals surface area contributed by atoms with Crippen molar-refractivity contribution in [2.24, 2.45) is 11.8 Å². The largest absolute Gasteiger partial charge is 0.396 e. The van der Waals surface area contributed by atoms with Crippen LogP contribution in [0.15, 0.2) is 10.9 Å². The molecule has 8 heteroatoms. The molecule has 1 spiro atoms. The number of aliphatic hydroxyl groups is 1. The number of aromatic nitrogens is 3. The average molecular weight is 362 g/mol. The minimum absolute atomic E-state index is 0.0862. The van der Waals surface area contributed by atoms with Gasteiger partial charge in [-0.3, -0.25) is 9.69 Å². The molecule has 1 N–H and O–H groups in total. The zero-order valence-corrected chi connectivity index (χ0v) is 15.0. The van der Waals surface area contributed by atoms with Crippen LogP contribution >= 0.6 is 11.3 Å². The maximum Gasteiger partial charge on any atom is 0.275 e. The van der Waals surface area contributed by atoms with Gasteiger partial charge in [0, 0.05) is 44.1 Å². The van der Waals surface area contributed by atoms with Crippen molar-refractivity contribution in [3.63, 3.8) is 0 Å². The first-order valence-electron chi connectivity index (χ1n) is 9.01. The molecule has 0 amide bonds. The van der Waals surface area contributed by atoms with Gasteiger partial charge in [-0.25, -0.2) is 4.98 Å². The highest BCUT2D eigenvalue weighted by atomic mass is 32.1. The van der Waals surface area contributed by atoms with E-state index in [9.17, 15) is 9.90 Å². The van der Waals surface area contributed by atoms with Gasteiger partial charge < -0.3 is 9.84 Å². The number of hydrogen-bond acceptors (Lipinski definition) is 7. The molecule has 5 rings (SSSR count). The maximum atomic E-state index is 12.3. The van der Waals surface area contributed by atoms with Crippen LogP contribution in [0.5, 0.6) is 0 Å². The molecule has 25 heavy (non-hydrogen) atoms. The molecule has 0 radical (unpaired) electrons. The van der Waals surface area contributed by atoms with Crippen molar-refractivity contribution in [2.75, 3.05) is 19.7 Å². The third-order valence-electron chi connectivity index (χ3n) is 6.09. The van der Waals surface area contributed by atoms with Gasteiger partial charge in [0.05, 0.1) is 17.4 Å². The number of rotatable bonds is 4. The van der Waals surface area contributed by atoms with Crippen LogP contribution in [0.25, 0.3) is 4.96 Å². The minimum Gasteiger partial charge on any atom is -0.396 e. The predicted octanol–water partition coefficient (Wildman–Crippen LogP) is 0.685. The Morgan fingerprint density at radius 2 is 2.40 bits per heavy atom. The first-order chi connectivity index (χ1) is 12.1. The van der Waals surface area contributed by atoms with Crippen LogP contribution in [0.3, 0.4) is 0 Å². The van der Waals surface area contributed by atoms with E-state index in [-0.39, 0.29) is 29.8 Å². The summed E-state index contributed by atoms with van der Waals surface area (Å²) in [5.41, 5.74) is 0.596. The Morgan fingerprint density at radius 3 is 3.20 bits per heavy atom. The summed E-state index contributed by atoms with van der Waals surface area (Å²) in [6, 6.07) is 1.60. The van der Waals surface area contributed by atoms with Crippen molar-refractivity contribution < 1.29 is 9.84 Å². The van der Waals surface area contributed by atoms with Gasteiger partial charge >= 0.3 is 0 Å². The molecule has 2 bridgehead atoms. The summed E-state index contributed by atoms with van der Waals surface area (Å²) in [6.45, 7) is 4.66. The lowest BCUT2D eigenvalue weighted by atomic mass is 9.74. The molecule has 5 heterocycles. The van der Waals surface area contributed by atoms with E-state index in [1.165, 1.54) is 15.9 Å². The maximum absolute atomic E-state index is 12.3. The summed E-state index contributed by atoms with van der Waals surface area (Å²) in [5.74, 6) is 0.657. The van der Waals surface area contributed by atoms with Crippen LogP contribution < -0.4 is 5.56 Å². The third-order valence-corrected chi connectivity index (χ3v) is 7.15. The lowest BCUT2D eigenvalue weighted by Gasteiger charge is -2.28. The number of aryl methyl sites for hydroxylation is 1. The second kappa shape index (κ2) is 5.57. The van der Waals surface area contributed by atoms with Crippen LogP contribution in [0, 0.1) is 11.8 Å². The van der Waals surface area contributed by atoms with Gasteiger partial charge in [0.25, 0.3) is 5.56 Å². The molecule has 0 saturated carbocycles. The quantitative estimate of drug-likeness (QED) is 0.862. The first kappa shape index (κ1) is 15.9. The molecule has 3 aliphatic rings. The Balaban J connectivity index is 1.40. The zero-order chi connectivity index (χ0) is 17.2. The molecular weight excluding hydrogens is 340 g/mol. The van der Waals surface area contributed by atoms with Crippen LogP contribution in [0.4, 0.5) is 0 Å². The Labute approximate surface area is 149 Å². The third kappa shape index (κ3) is 2.31. The molecule has 134 valence electrons. The second-order valence-electron chi connectivity index (χ2n) is 7.51. The molecule has 3 fully saturated rings. The summed E-state index contributed by atoms with van der Waals surface area (Å²) in [5, 5.41) is 15.0. The van der Waals surface area contributed by atoms with E-state index >= 15 is 0 Å². The average Bonchev–Trinajstić information content (AvgIpc) is 3.31. The van der Waals surface area contributed by atoms with Gasteiger partial charge in [0.2, 0.25) is 4.96 Å². The van der Waals surface area contributed by atoms with Crippen LogP contribution in [0.2, 0.25) is 0 Å². The van der Waals surface area contributed by atoms with Gasteiger partial charge in [-0.05, 0) is 19.3 Å². The highest BCUT2D eigenvalue weighted by Gasteiger charge is 2.62. The summed E-state index contributed by atoms with van der Waals surface area (Å²) >= 11 is 1.48. The lowest BCUT2D eigenvalue weighted by molar-refractivity contribution is 0.000295. The molecule has 7 nitrogen and oxygen atoms in total. The summed E-state index contributed by atoms with van der Waals surface area (Å²) in [4.78, 5) is 20.0. The van der Waals surface area contributed by atoms with Crippen molar-refractivity contribution in [1.82, 2.24) is 19.5 Å². The van der Waals surface area contributed by atoms with Crippen LogP contribution in [-0.4, -0.2) is 56.0 Å². The minimum atomic E-state index is -0.112. The van der Waals surface area contributed by atoms with E-state index in [1.807, 2.05) is 6.92 Å². The lowest BCUT2D eigenvalue weighted by Crippen LogP contribution is -2.37. The molecule has 3 aliphatic heterocycles. The second-order valence-corrected chi connectivity index (χ2v) is 8.55. The van der Waals surface area contributed by atoms with Crippen molar-refractivity contribution in [3.05, 3.63) is 27.1 Å². The van der Waals surface area contributed by atoms with E-state index in [0.717, 1.165) is 43.1 Å². The summed E-state index contributed by atoms with van der Waals surface area (Å²) in [6.07, 6.45) is 3.18. The molecule has 0 aliphatic carbocycles. The van der Waals surface area contributed by atoms with Crippen LogP contribution in [0.1, 0.15) is 30.5 Å². The first-order valence-corrected chi connectivity index (χ1v) is 9.83. The zero-order valence-electron chi connectivity index (χ0n) is 14.2. The Bertz CT molecular complexity index is 880. The molecule has 2 aromatic heterocycles. The molecule has 0 unspecified atom stereocenters. The number of likely N-dealkylation sites (tertiary alicyclic amines) is 1. The van der Waals surface area contributed by atoms with Crippen molar-refractivity contribution in [2.45, 2.75) is 44.4 Å². The fourth-order valence-electron chi connectivity index (χ4n) is 5.00. The van der Waals surface area contributed by atoms with Crippen molar-refractivity contribution in [1.29, 1.82) is 0 Å². The Morgan fingerprint density at radius 1 is 1.52 bits per heavy atom. The van der Waals surface area contributed by atoms with Gasteiger partial charge in [-0.15, -0.1) is 0 Å². The molecule has 0 aromatic carbocycles. The number of hydrogen-bond donors (Lipinski definition) is 1. The Kier molecular flexibility index (Phi) is 3.54. The van der Waals surface area contributed by atoms with Crippen molar-refractivity contribution >= 4 is 16.3 Å². The van der Waals surface area contributed by atoms with E-state index in [1.54, 1.807) is 6.07 Å². The Hall–Kier alpha value is -1.35. The monoisotopic (exact) mass is 362 g/mol. The molecule has 3 saturated heterocycles. The van der Waals surface area contributed by atoms with Crippen LogP contribution in [-0.2, 0) is 17.7 Å². The van der Waals surface area contributed by atoms with E-state index in [2.05, 4.69) is 15.0 Å². The van der Waals surface area contributed by atoms with Crippen molar-refractivity contribution in [3.8, 4) is 0 Å². The van der Waals surface area contributed by atoms with E-state index in [4.69, 9.17) is 4.74 Å². The topological polar surface area (TPSA) is 80.0 Å². The van der Waals surface area contributed by atoms with Gasteiger partial charge in [-0.2, -0.15) is 9.61 Å². The summed E-state index contributed by atoms with van der Waals surface area (Å²) < 4.78 is 7.67. The fraction of sp³-hybridized carbons (Fsp3) is 0.706. The number of fused-ring (bicyclic) bond motifs is 2. The number of nitrogens with zero attached hydrogens (tertiary/aromatic N) is 4. The highest BCUT2D eigenvalue weighted by molar-refractivity contribution is 7.16. The normalized spacial score (nSPS) is 34.2. The number of aliphatic hydroxyl groups excluding tert-OH is 1. The van der Waals surface area contributed by atoms with Gasteiger partial charge in [0.15, 0.2) is 0 Å². The predicted molar refractivity (Wildman–Crippen MR) is 92.7 cm³/mol. The van der Waals surface area contributed by atoms with Gasteiger partial charge in [0.1, 0.15) is 5.01 Å². The van der Waals surface area contributed by atoms with Gasteiger partial charge in [-0.1, -0.05) is 18.3 Å². The smallest absolute Gasteiger partial charge is 0.275 e. The molecule has 2 aromatic rings. The molecule has 4 atom stereocenters.